The molecule has 0 unspecified atom stereocenters. The lowest BCUT2D eigenvalue weighted by atomic mass is 10.2. The summed E-state index contributed by atoms with van der Waals surface area (Å²) in [5.41, 5.74) is 0.854. The van der Waals surface area contributed by atoms with Gasteiger partial charge >= 0.3 is 0 Å². The second kappa shape index (κ2) is 5.90. The van der Waals surface area contributed by atoms with Crippen molar-refractivity contribution in [3.8, 4) is 5.88 Å². The fraction of sp³-hybridized carbons (Fsp3) is 0.154. The normalized spacial score (nSPS) is 10.0. The molecule has 2 heterocycles. The summed E-state index contributed by atoms with van der Waals surface area (Å²) < 4.78 is 17.8. The van der Waals surface area contributed by atoms with Crippen molar-refractivity contribution in [2.45, 2.75) is 6.54 Å². The summed E-state index contributed by atoms with van der Waals surface area (Å²) in [5.74, 6) is -0.615. The number of hydrogen-bond acceptors (Lipinski definition) is 4. The van der Waals surface area contributed by atoms with E-state index < -0.39 is 11.9 Å². The Morgan fingerprint density at radius 3 is 2.84 bits per heavy atom. The van der Waals surface area contributed by atoms with Crippen LogP contribution in [0.25, 0.3) is 0 Å². The molecule has 0 spiro atoms. The summed E-state index contributed by atoms with van der Waals surface area (Å²) in [6.07, 6.45) is 1.60. The van der Waals surface area contributed by atoms with Crippen molar-refractivity contribution in [1.82, 2.24) is 15.3 Å². The second-order valence-corrected chi connectivity index (χ2v) is 3.74. The van der Waals surface area contributed by atoms with E-state index >= 15 is 0 Å². The highest BCUT2D eigenvalue weighted by atomic mass is 19.1. The third kappa shape index (κ3) is 3.48. The number of aromatic nitrogens is 2. The van der Waals surface area contributed by atoms with E-state index in [0.717, 1.165) is 5.56 Å². The predicted octanol–water partition coefficient (Wildman–Crippen LogP) is 1.55. The molecule has 0 radical (unpaired) electrons. The first kappa shape index (κ1) is 12.9. The highest BCUT2D eigenvalue weighted by Gasteiger charge is 2.07. The Morgan fingerprint density at radius 2 is 2.21 bits per heavy atom. The number of pyridine rings is 2. The van der Waals surface area contributed by atoms with Crippen LogP contribution in [0.3, 0.4) is 0 Å². The summed E-state index contributed by atoms with van der Waals surface area (Å²) >= 11 is 0. The quantitative estimate of drug-likeness (QED) is 0.848. The van der Waals surface area contributed by atoms with Gasteiger partial charge in [-0.25, -0.2) is 9.97 Å². The molecule has 19 heavy (non-hydrogen) atoms. The third-order valence-corrected chi connectivity index (χ3v) is 2.41. The van der Waals surface area contributed by atoms with Gasteiger partial charge in [0.15, 0.2) is 0 Å². The van der Waals surface area contributed by atoms with Crippen molar-refractivity contribution in [2.75, 3.05) is 7.11 Å². The van der Waals surface area contributed by atoms with Gasteiger partial charge < -0.3 is 10.1 Å². The monoisotopic (exact) mass is 261 g/mol. The number of nitrogens with zero attached hydrogens (tertiary/aromatic N) is 2. The number of ether oxygens (including phenoxy) is 1. The van der Waals surface area contributed by atoms with Crippen molar-refractivity contribution in [3.63, 3.8) is 0 Å². The molecule has 2 aromatic heterocycles. The van der Waals surface area contributed by atoms with Gasteiger partial charge in [0.25, 0.3) is 5.91 Å². The molecule has 0 aliphatic heterocycles. The molecule has 5 nitrogen and oxygen atoms in total. The summed E-state index contributed by atoms with van der Waals surface area (Å²) in [4.78, 5) is 19.2. The van der Waals surface area contributed by atoms with Crippen LogP contribution in [0.5, 0.6) is 5.88 Å². The van der Waals surface area contributed by atoms with Gasteiger partial charge in [0.2, 0.25) is 11.8 Å². The number of amides is 1. The number of carbonyl (C=O) groups excluding carboxylic acids is 1. The summed E-state index contributed by atoms with van der Waals surface area (Å²) in [7, 11) is 1.53. The number of hydrogen-bond donors (Lipinski definition) is 1. The Balaban J connectivity index is 1.96. The van der Waals surface area contributed by atoms with Crippen molar-refractivity contribution in [3.05, 3.63) is 53.7 Å². The average Bonchev–Trinajstić information content (AvgIpc) is 2.45. The number of rotatable bonds is 4. The zero-order valence-corrected chi connectivity index (χ0v) is 10.3. The van der Waals surface area contributed by atoms with Gasteiger partial charge in [-0.15, -0.1) is 0 Å². The van der Waals surface area contributed by atoms with E-state index in [1.54, 1.807) is 18.3 Å². The molecule has 1 N–H and O–H groups in total. The predicted molar refractivity (Wildman–Crippen MR) is 66.2 cm³/mol. The molecular formula is C13H12FN3O2. The van der Waals surface area contributed by atoms with E-state index in [2.05, 4.69) is 15.3 Å². The van der Waals surface area contributed by atoms with E-state index in [9.17, 15) is 9.18 Å². The van der Waals surface area contributed by atoms with Crippen LogP contribution in [0.2, 0.25) is 0 Å². The Hall–Kier alpha value is -2.50. The molecule has 0 aliphatic carbocycles. The Labute approximate surface area is 109 Å². The third-order valence-electron chi connectivity index (χ3n) is 2.41. The molecule has 98 valence electrons. The fourth-order valence-electron chi connectivity index (χ4n) is 1.44. The largest absolute Gasteiger partial charge is 0.481 e. The van der Waals surface area contributed by atoms with Crippen LogP contribution in [0, 0.1) is 5.95 Å². The Kier molecular flexibility index (Phi) is 4.02. The maximum absolute atomic E-state index is 12.9. The molecule has 0 atom stereocenters. The Morgan fingerprint density at radius 1 is 1.37 bits per heavy atom. The van der Waals surface area contributed by atoms with Crippen LogP contribution in [0.15, 0.2) is 36.5 Å². The number of methoxy groups -OCH3 is 1. The lowest BCUT2D eigenvalue weighted by Gasteiger charge is -2.05. The maximum atomic E-state index is 12.9. The van der Waals surface area contributed by atoms with Crippen LogP contribution < -0.4 is 10.1 Å². The summed E-state index contributed by atoms with van der Waals surface area (Å²) in [6, 6.07) is 7.55. The van der Waals surface area contributed by atoms with E-state index in [1.807, 2.05) is 0 Å². The molecule has 0 aromatic carbocycles. The van der Waals surface area contributed by atoms with E-state index in [0.29, 0.717) is 5.88 Å². The SMILES string of the molecule is COc1ccc(CNC(=O)c2cccc(F)n2)cn1. The molecule has 0 saturated carbocycles. The van der Waals surface area contributed by atoms with E-state index in [4.69, 9.17) is 4.74 Å². The number of nitrogens with one attached hydrogen (secondary N) is 1. The lowest BCUT2D eigenvalue weighted by molar-refractivity contribution is 0.0944. The first-order valence-corrected chi connectivity index (χ1v) is 5.58. The first-order chi connectivity index (χ1) is 9.19. The van der Waals surface area contributed by atoms with Crippen LogP contribution in [0.4, 0.5) is 4.39 Å². The maximum Gasteiger partial charge on any atom is 0.270 e. The second-order valence-electron chi connectivity index (χ2n) is 3.74. The number of carbonyl (C=O) groups is 1. The first-order valence-electron chi connectivity index (χ1n) is 5.58. The topological polar surface area (TPSA) is 64.1 Å². The standard InChI is InChI=1S/C13H12FN3O2/c1-19-12-6-5-9(7-15-12)8-16-13(18)10-3-2-4-11(14)17-10/h2-7H,8H2,1H3,(H,16,18). The summed E-state index contributed by atoms with van der Waals surface area (Å²) in [5, 5.41) is 2.63. The van der Waals surface area contributed by atoms with Crippen molar-refractivity contribution >= 4 is 5.91 Å². The average molecular weight is 261 g/mol. The van der Waals surface area contributed by atoms with Crippen molar-refractivity contribution in [2.24, 2.45) is 0 Å². The molecule has 6 heteroatoms. The molecule has 0 fully saturated rings. The molecule has 2 aromatic rings. The Bertz CT molecular complexity index is 572. The highest BCUT2D eigenvalue weighted by Crippen LogP contribution is 2.06. The van der Waals surface area contributed by atoms with Gasteiger partial charge in [-0.1, -0.05) is 12.1 Å². The van der Waals surface area contributed by atoms with Crippen LogP contribution in [0.1, 0.15) is 16.1 Å². The van der Waals surface area contributed by atoms with Crippen LogP contribution in [-0.4, -0.2) is 23.0 Å². The minimum Gasteiger partial charge on any atom is -0.481 e. The van der Waals surface area contributed by atoms with Gasteiger partial charge in [0.1, 0.15) is 5.69 Å². The highest BCUT2D eigenvalue weighted by molar-refractivity contribution is 5.92. The smallest absolute Gasteiger partial charge is 0.270 e. The van der Waals surface area contributed by atoms with Crippen LogP contribution in [-0.2, 0) is 6.54 Å². The van der Waals surface area contributed by atoms with E-state index in [-0.39, 0.29) is 12.2 Å². The van der Waals surface area contributed by atoms with Gasteiger partial charge in [-0.2, -0.15) is 4.39 Å². The van der Waals surface area contributed by atoms with Gasteiger partial charge in [-0.3, -0.25) is 4.79 Å². The minimum atomic E-state index is -0.682. The molecule has 0 aliphatic rings. The van der Waals surface area contributed by atoms with E-state index in [1.165, 1.54) is 25.3 Å². The molecule has 0 bridgehead atoms. The minimum absolute atomic E-state index is 0.0430. The number of halogens is 1. The molecule has 0 saturated heterocycles. The lowest BCUT2D eigenvalue weighted by Crippen LogP contribution is -2.24. The zero-order valence-electron chi connectivity index (χ0n) is 10.3. The molecule has 2 rings (SSSR count). The molecular weight excluding hydrogens is 249 g/mol. The van der Waals surface area contributed by atoms with Crippen molar-refractivity contribution in [1.29, 1.82) is 0 Å². The molecule has 1 amide bonds. The van der Waals surface area contributed by atoms with Gasteiger partial charge in [-0.05, 0) is 17.7 Å². The van der Waals surface area contributed by atoms with Gasteiger partial charge in [0.05, 0.1) is 7.11 Å². The fourth-order valence-corrected chi connectivity index (χ4v) is 1.44. The zero-order chi connectivity index (χ0) is 13.7. The van der Waals surface area contributed by atoms with Gasteiger partial charge in [0, 0.05) is 18.8 Å². The summed E-state index contributed by atoms with van der Waals surface area (Å²) in [6.45, 7) is 0.286. The van der Waals surface area contributed by atoms with Crippen LogP contribution >= 0.6 is 0 Å². The van der Waals surface area contributed by atoms with Crippen molar-refractivity contribution < 1.29 is 13.9 Å².